The summed E-state index contributed by atoms with van der Waals surface area (Å²) in [7, 11) is 0. The van der Waals surface area contributed by atoms with E-state index < -0.39 is 0 Å². The van der Waals surface area contributed by atoms with Crippen LogP contribution >= 0.6 is 0 Å². The van der Waals surface area contributed by atoms with Gasteiger partial charge in [-0.25, -0.2) is 10.5 Å². The van der Waals surface area contributed by atoms with Crippen LogP contribution in [0, 0.1) is 0 Å². The molecule has 0 bridgehead atoms. The van der Waals surface area contributed by atoms with Crippen LogP contribution in [-0.4, -0.2) is 43.1 Å². The van der Waals surface area contributed by atoms with Crippen LogP contribution in [0.1, 0.15) is 6.42 Å². The number of aliphatic hydroxyl groups is 1. The number of anilines is 1. The first kappa shape index (κ1) is 12.2. The SMILES string of the molecule is NNc1nc(OCCCO)nc(-n2cccn2)n1. The highest BCUT2D eigenvalue weighted by molar-refractivity contribution is 5.28. The third kappa shape index (κ3) is 2.90. The van der Waals surface area contributed by atoms with Gasteiger partial charge in [0.2, 0.25) is 5.95 Å². The Morgan fingerprint density at radius 1 is 1.39 bits per heavy atom. The van der Waals surface area contributed by atoms with E-state index in [1.165, 1.54) is 4.68 Å². The first-order valence-electron chi connectivity index (χ1n) is 5.30. The minimum Gasteiger partial charge on any atom is -0.463 e. The molecule has 2 aromatic heterocycles. The Balaban J connectivity index is 2.22. The highest BCUT2D eigenvalue weighted by Gasteiger charge is 2.08. The molecular formula is C9H13N7O2. The fourth-order valence-electron chi connectivity index (χ4n) is 1.19. The lowest BCUT2D eigenvalue weighted by molar-refractivity contribution is 0.224. The van der Waals surface area contributed by atoms with Crippen molar-refractivity contribution in [3.63, 3.8) is 0 Å². The van der Waals surface area contributed by atoms with Gasteiger partial charge in [0.05, 0.1) is 6.61 Å². The van der Waals surface area contributed by atoms with E-state index in [-0.39, 0.29) is 18.6 Å². The average Bonchev–Trinajstić information content (AvgIpc) is 2.92. The quantitative estimate of drug-likeness (QED) is 0.343. The van der Waals surface area contributed by atoms with Gasteiger partial charge in [-0.05, 0) is 6.07 Å². The maximum absolute atomic E-state index is 8.67. The number of ether oxygens (including phenoxy) is 1. The molecule has 18 heavy (non-hydrogen) atoms. The molecule has 0 spiro atoms. The number of aliphatic hydroxyl groups excluding tert-OH is 1. The predicted octanol–water partition coefficient (Wildman–Crippen LogP) is -0.896. The number of nitrogens with zero attached hydrogens (tertiary/aromatic N) is 5. The first-order chi connectivity index (χ1) is 8.83. The number of nitrogen functional groups attached to an aromatic ring is 1. The fraction of sp³-hybridized carbons (Fsp3) is 0.333. The summed E-state index contributed by atoms with van der Waals surface area (Å²) in [5.41, 5.74) is 2.33. The molecule has 0 atom stereocenters. The van der Waals surface area contributed by atoms with Gasteiger partial charge in [0.15, 0.2) is 0 Å². The van der Waals surface area contributed by atoms with E-state index in [0.717, 1.165) is 0 Å². The van der Waals surface area contributed by atoms with Crippen molar-refractivity contribution in [3.8, 4) is 12.0 Å². The van der Waals surface area contributed by atoms with Crippen molar-refractivity contribution in [3.05, 3.63) is 18.5 Å². The van der Waals surface area contributed by atoms with Crippen molar-refractivity contribution in [1.29, 1.82) is 0 Å². The van der Waals surface area contributed by atoms with Crippen LogP contribution < -0.4 is 16.0 Å². The van der Waals surface area contributed by atoms with Crippen molar-refractivity contribution >= 4 is 5.95 Å². The summed E-state index contributed by atoms with van der Waals surface area (Å²) in [5, 5.41) is 12.7. The van der Waals surface area contributed by atoms with E-state index in [1.807, 2.05) is 0 Å². The molecule has 2 heterocycles. The van der Waals surface area contributed by atoms with Gasteiger partial charge in [-0.15, -0.1) is 0 Å². The molecule has 0 aliphatic rings. The number of hydrazine groups is 1. The molecule has 0 fully saturated rings. The largest absolute Gasteiger partial charge is 0.463 e. The van der Waals surface area contributed by atoms with Crippen LogP contribution in [0.4, 0.5) is 5.95 Å². The maximum Gasteiger partial charge on any atom is 0.323 e. The van der Waals surface area contributed by atoms with Gasteiger partial charge in [0, 0.05) is 25.4 Å². The summed E-state index contributed by atoms with van der Waals surface area (Å²) in [4.78, 5) is 12.0. The van der Waals surface area contributed by atoms with E-state index in [2.05, 4.69) is 25.5 Å². The Labute approximate surface area is 103 Å². The monoisotopic (exact) mass is 251 g/mol. The van der Waals surface area contributed by atoms with Gasteiger partial charge in [-0.3, -0.25) is 5.43 Å². The fourth-order valence-corrected chi connectivity index (χ4v) is 1.19. The molecule has 2 aromatic rings. The Kier molecular flexibility index (Phi) is 3.99. The second-order valence-electron chi connectivity index (χ2n) is 3.26. The van der Waals surface area contributed by atoms with Crippen LogP contribution in [0.5, 0.6) is 6.01 Å². The topological polar surface area (TPSA) is 124 Å². The number of rotatable bonds is 6. The van der Waals surface area contributed by atoms with Crippen LogP contribution in [-0.2, 0) is 0 Å². The summed E-state index contributed by atoms with van der Waals surface area (Å²) in [6.45, 7) is 0.349. The van der Waals surface area contributed by atoms with Crippen LogP contribution in [0.15, 0.2) is 18.5 Å². The molecule has 0 aromatic carbocycles. The summed E-state index contributed by atoms with van der Waals surface area (Å²) in [5.74, 6) is 5.74. The number of aromatic nitrogens is 5. The number of nitrogens with one attached hydrogen (secondary N) is 1. The molecule has 9 heteroatoms. The maximum atomic E-state index is 8.67. The molecule has 0 radical (unpaired) electrons. The van der Waals surface area contributed by atoms with E-state index >= 15 is 0 Å². The van der Waals surface area contributed by atoms with Gasteiger partial charge in [0.1, 0.15) is 0 Å². The van der Waals surface area contributed by atoms with E-state index in [9.17, 15) is 0 Å². The summed E-state index contributed by atoms with van der Waals surface area (Å²) >= 11 is 0. The average molecular weight is 251 g/mol. The molecule has 0 saturated heterocycles. The molecule has 0 aliphatic carbocycles. The summed E-state index contributed by atoms with van der Waals surface area (Å²) in [6, 6.07) is 1.86. The standard InChI is InChI=1S/C9H13N7O2/c10-15-7-12-8(16-4-1-3-11-16)14-9(13-7)18-6-2-5-17/h1,3-4,17H,2,5-6,10H2,(H,12,13,14,15). The highest BCUT2D eigenvalue weighted by atomic mass is 16.5. The van der Waals surface area contributed by atoms with Crippen LogP contribution in [0.3, 0.4) is 0 Å². The highest BCUT2D eigenvalue weighted by Crippen LogP contribution is 2.09. The molecule has 2 rings (SSSR count). The normalized spacial score (nSPS) is 10.3. The molecule has 96 valence electrons. The van der Waals surface area contributed by atoms with Crippen molar-refractivity contribution in [1.82, 2.24) is 24.7 Å². The second-order valence-corrected chi connectivity index (χ2v) is 3.26. The van der Waals surface area contributed by atoms with Crippen LogP contribution in [0.25, 0.3) is 5.95 Å². The van der Waals surface area contributed by atoms with Crippen molar-refractivity contribution in [2.24, 2.45) is 5.84 Å². The zero-order valence-corrected chi connectivity index (χ0v) is 9.52. The van der Waals surface area contributed by atoms with Crippen LogP contribution in [0.2, 0.25) is 0 Å². The molecule has 0 amide bonds. The van der Waals surface area contributed by atoms with Crippen molar-refractivity contribution < 1.29 is 9.84 Å². The molecule has 4 N–H and O–H groups in total. The number of hydrogen-bond acceptors (Lipinski definition) is 8. The van der Waals surface area contributed by atoms with Gasteiger partial charge in [0.25, 0.3) is 5.95 Å². The van der Waals surface area contributed by atoms with E-state index in [4.69, 9.17) is 15.7 Å². The molecule has 0 saturated carbocycles. The summed E-state index contributed by atoms with van der Waals surface area (Å²) < 4.78 is 6.73. The molecule has 0 unspecified atom stereocenters. The smallest absolute Gasteiger partial charge is 0.323 e. The van der Waals surface area contributed by atoms with Crippen molar-refractivity contribution in [2.75, 3.05) is 18.6 Å². The lowest BCUT2D eigenvalue weighted by Gasteiger charge is -2.07. The summed E-state index contributed by atoms with van der Waals surface area (Å²) in [6.07, 6.45) is 3.78. The lowest BCUT2D eigenvalue weighted by atomic mass is 10.5. The number of nitrogens with two attached hydrogens (primary N) is 1. The van der Waals surface area contributed by atoms with E-state index in [1.54, 1.807) is 18.5 Å². The molecule has 9 nitrogen and oxygen atoms in total. The van der Waals surface area contributed by atoms with Gasteiger partial charge in [-0.1, -0.05) is 0 Å². The Bertz CT molecular complexity index is 488. The predicted molar refractivity (Wildman–Crippen MR) is 62.0 cm³/mol. The van der Waals surface area contributed by atoms with Gasteiger partial charge >= 0.3 is 6.01 Å². The first-order valence-corrected chi connectivity index (χ1v) is 5.30. The molecular weight excluding hydrogens is 238 g/mol. The Morgan fingerprint density at radius 3 is 2.94 bits per heavy atom. The zero-order valence-electron chi connectivity index (χ0n) is 9.52. The zero-order chi connectivity index (χ0) is 12.8. The third-order valence-corrected chi connectivity index (χ3v) is 1.98. The lowest BCUT2D eigenvalue weighted by Crippen LogP contribution is -2.15. The Hall–Kier alpha value is -2.26. The third-order valence-electron chi connectivity index (χ3n) is 1.98. The minimum atomic E-state index is 0.0408. The van der Waals surface area contributed by atoms with E-state index in [0.29, 0.717) is 19.0 Å². The minimum absolute atomic E-state index is 0.0408. The van der Waals surface area contributed by atoms with Gasteiger partial charge < -0.3 is 9.84 Å². The Morgan fingerprint density at radius 2 is 2.28 bits per heavy atom. The molecule has 0 aliphatic heterocycles. The number of hydrogen-bond donors (Lipinski definition) is 3. The van der Waals surface area contributed by atoms with Crippen molar-refractivity contribution in [2.45, 2.75) is 6.42 Å². The van der Waals surface area contributed by atoms with Gasteiger partial charge in [-0.2, -0.15) is 20.1 Å². The second kappa shape index (κ2) is 5.89.